The van der Waals surface area contributed by atoms with E-state index in [1.807, 2.05) is 6.92 Å². The van der Waals surface area contributed by atoms with Crippen LogP contribution in [0.25, 0.3) is 0 Å². The van der Waals surface area contributed by atoms with Gasteiger partial charge in [0.15, 0.2) is 0 Å². The van der Waals surface area contributed by atoms with Crippen molar-refractivity contribution in [2.24, 2.45) is 0 Å². The van der Waals surface area contributed by atoms with Crippen molar-refractivity contribution in [2.45, 2.75) is 18.9 Å². The number of amides is 1. The molecule has 0 atom stereocenters. The summed E-state index contributed by atoms with van der Waals surface area (Å²) in [5.74, 6) is -2.46. The number of carbonyl (C=O) groups excluding carboxylic acids is 1. The van der Waals surface area contributed by atoms with E-state index in [0.717, 1.165) is 12.1 Å². The summed E-state index contributed by atoms with van der Waals surface area (Å²) in [5, 5.41) is 3.64. The third kappa shape index (κ3) is 3.29. The highest BCUT2D eigenvalue weighted by molar-refractivity contribution is 9.09. The Kier molecular flexibility index (Phi) is 5.72. The normalized spacial score (nSPS) is 11.4. The first-order valence-corrected chi connectivity index (χ1v) is 7.62. The number of alkyl halides is 2. The van der Waals surface area contributed by atoms with E-state index >= 15 is 0 Å². The topological polar surface area (TPSA) is 29.1 Å². The molecule has 1 rings (SSSR count). The lowest BCUT2D eigenvalue weighted by atomic mass is 10.0. The first-order valence-electron chi connectivity index (χ1n) is 5.38. The number of hydrogen-bond donors (Lipinski definition) is 1. The lowest BCUT2D eigenvalue weighted by Gasteiger charge is -2.30. The molecule has 1 amide bonds. The summed E-state index contributed by atoms with van der Waals surface area (Å²) in [6, 6.07) is 3.35. The molecule has 0 heterocycles. The molecule has 100 valence electrons. The van der Waals surface area contributed by atoms with Gasteiger partial charge in [-0.1, -0.05) is 44.8 Å². The van der Waals surface area contributed by atoms with Gasteiger partial charge in [0.2, 0.25) is 0 Å². The monoisotopic (exact) mass is 383 g/mol. The summed E-state index contributed by atoms with van der Waals surface area (Å²) in [6.07, 6.45) is 0.630. The summed E-state index contributed by atoms with van der Waals surface area (Å²) in [7, 11) is 0. The van der Waals surface area contributed by atoms with E-state index in [2.05, 4.69) is 37.2 Å². The minimum Gasteiger partial charge on any atom is -0.345 e. The molecule has 0 saturated carbocycles. The second kappa shape index (κ2) is 6.61. The molecule has 1 N–H and O–H groups in total. The van der Waals surface area contributed by atoms with Crippen LogP contribution in [0.1, 0.15) is 23.7 Å². The molecule has 2 nitrogen and oxygen atoms in total. The molecule has 18 heavy (non-hydrogen) atoms. The zero-order valence-corrected chi connectivity index (χ0v) is 12.9. The molecule has 0 aromatic heterocycles. The molecular weight excluding hydrogens is 372 g/mol. The Morgan fingerprint density at radius 1 is 1.28 bits per heavy atom. The third-order valence-corrected chi connectivity index (χ3v) is 4.90. The van der Waals surface area contributed by atoms with Gasteiger partial charge in [-0.3, -0.25) is 4.79 Å². The van der Waals surface area contributed by atoms with Crippen molar-refractivity contribution in [3.8, 4) is 0 Å². The summed E-state index contributed by atoms with van der Waals surface area (Å²) >= 11 is 6.60. The van der Waals surface area contributed by atoms with Crippen molar-refractivity contribution < 1.29 is 13.6 Å². The molecule has 0 radical (unpaired) electrons. The van der Waals surface area contributed by atoms with Gasteiger partial charge >= 0.3 is 0 Å². The van der Waals surface area contributed by atoms with Gasteiger partial charge in [0.1, 0.15) is 17.2 Å². The molecule has 1 aromatic rings. The molecule has 0 aliphatic carbocycles. The van der Waals surface area contributed by atoms with Crippen LogP contribution in [0.2, 0.25) is 0 Å². The van der Waals surface area contributed by atoms with Crippen LogP contribution in [0.4, 0.5) is 8.78 Å². The molecule has 0 unspecified atom stereocenters. The molecule has 0 bridgehead atoms. The average molecular weight is 385 g/mol. The zero-order valence-electron chi connectivity index (χ0n) is 9.77. The van der Waals surface area contributed by atoms with Crippen LogP contribution in [0.15, 0.2) is 18.2 Å². The highest BCUT2D eigenvalue weighted by Crippen LogP contribution is 2.19. The number of nitrogens with one attached hydrogen (secondary N) is 1. The highest BCUT2D eigenvalue weighted by atomic mass is 79.9. The fraction of sp³-hybridized carbons (Fsp3) is 0.417. The van der Waals surface area contributed by atoms with E-state index in [1.165, 1.54) is 6.07 Å². The van der Waals surface area contributed by atoms with Crippen molar-refractivity contribution in [3.05, 3.63) is 35.4 Å². The van der Waals surface area contributed by atoms with E-state index < -0.39 is 28.6 Å². The maximum absolute atomic E-state index is 13.5. The van der Waals surface area contributed by atoms with Gasteiger partial charge in [-0.15, -0.1) is 0 Å². The van der Waals surface area contributed by atoms with Crippen LogP contribution in [0.3, 0.4) is 0 Å². The predicted octanol–water partition coefficient (Wildman–Crippen LogP) is 3.63. The molecule has 1 aromatic carbocycles. The Morgan fingerprint density at radius 3 is 2.17 bits per heavy atom. The van der Waals surface area contributed by atoms with Crippen molar-refractivity contribution in [3.63, 3.8) is 0 Å². The van der Waals surface area contributed by atoms with Crippen LogP contribution >= 0.6 is 31.9 Å². The summed E-state index contributed by atoms with van der Waals surface area (Å²) in [6.45, 7) is 1.89. The van der Waals surface area contributed by atoms with E-state index in [9.17, 15) is 13.6 Å². The zero-order chi connectivity index (χ0) is 13.8. The van der Waals surface area contributed by atoms with Gasteiger partial charge in [0.25, 0.3) is 5.91 Å². The van der Waals surface area contributed by atoms with E-state index in [4.69, 9.17) is 0 Å². The lowest BCUT2D eigenvalue weighted by molar-refractivity contribution is 0.0907. The van der Waals surface area contributed by atoms with Gasteiger partial charge in [-0.2, -0.15) is 0 Å². The molecular formula is C12H13Br2F2NO. The molecule has 0 spiro atoms. The quantitative estimate of drug-likeness (QED) is 0.771. The smallest absolute Gasteiger partial charge is 0.257 e. The first-order chi connectivity index (χ1) is 8.49. The SMILES string of the molecule is CCC(CBr)(CBr)NC(=O)c1c(F)cccc1F. The largest absolute Gasteiger partial charge is 0.345 e. The lowest BCUT2D eigenvalue weighted by Crippen LogP contribution is -2.51. The number of benzene rings is 1. The first kappa shape index (κ1) is 15.6. The Morgan fingerprint density at radius 2 is 1.78 bits per heavy atom. The van der Waals surface area contributed by atoms with Crippen LogP contribution in [-0.2, 0) is 0 Å². The molecule has 0 fully saturated rings. The number of rotatable bonds is 5. The maximum atomic E-state index is 13.5. The van der Waals surface area contributed by atoms with Gasteiger partial charge < -0.3 is 5.32 Å². The Hall–Kier alpha value is -0.490. The highest BCUT2D eigenvalue weighted by Gasteiger charge is 2.30. The number of carbonyl (C=O) groups is 1. The second-order valence-corrected chi connectivity index (χ2v) is 5.07. The summed E-state index contributed by atoms with van der Waals surface area (Å²) in [5.41, 5.74) is -1.11. The van der Waals surface area contributed by atoms with E-state index in [1.54, 1.807) is 0 Å². The van der Waals surface area contributed by atoms with Gasteiger partial charge in [-0.25, -0.2) is 8.78 Å². The summed E-state index contributed by atoms with van der Waals surface area (Å²) in [4.78, 5) is 11.9. The predicted molar refractivity (Wildman–Crippen MR) is 74.4 cm³/mol. The Bertz CT molecular complexity index is 408. The minimum absolute atomic E-state index is 0.490. The molecule has 0 aliphatic heterocycles. The van der Waals surface area contributed by atoms with Crippen LogP contribution < -0.4 is 5.32 Å². The fourth-order valence-corrected chi connectivity index (χ4v) is 3.40. The maximum Gasteiger partial charge on any atom is 0.257 e. The van der Waals surface area contributed by atoms with Gasteiger partial charge in [-0.05, 0) is 18.6 Å². The number of halogens is 4. The average Bonchev–Trinajstić information content (AvgIpc) is 2.36. The molecule has 6 heteroatoms. The minimum atomic E-state index is -0.860. The van der Waals surface area contributed by atoms with Crippen molar-refractivity contribution in [1.82, 2.24) is 5.32 Å². The van der Waals surface area contributed by atoms with Gasteiger partial charge in [0.05, 0.1) is 5.54 Å². The second-order valence-electron chi connectivity index (χ2n) is 3.95. The van der Waals surface area contributed by atoms with Crippen molar-refractivity contribution >= 4 is 37.8 Å². The Balaban J connectivity index is 3.02. The fourth-order valence-electron chi connectivity index (χ4n) is 1.40. The van der Waals surface area contributed by atoms with Crippen LogP contribution in [0, 0.1) is 11.6 Å². The summed E-state index contributed by atoms with van der Waals surface area (Å²) < 4.78 is 26.9. The van der Waals surface area contributed by atoms with Gasteiger partial charge in [0, 0.05) is 10.7 Å². The number of hydrogen-bond acceptors (Lipinski definition) is 1. The van der Waals surface area contributed by atoms with E-state index in [-0.39, 0.29) is 0 Å². The third-order valence-electron chi connectivity index (χ3n) is 2.76. The molecule has 0 aliphatic rings. The standard InChI is InChI=1S/C12H13Br2F2NO/c1-2-12(6-13,7-14)17-11(18)10-8(15)4-3-5-9(10)16/h3-5H,2,6-7H2,1H3,(H,17,18). The van der Waals surface area contributed by atoms with E-state index in [0.29, 0.717) is 17.1 Å². The van der Waals surface area contributed by atoms with Crippen LogP contribution in [0.5, 0.6) is 0 Å². The van der Waals surface area contributed by atoms with Crippen LogP contribution in [-0.4, -0.2) is 22.1 Å². The Labute approximate surface area is 121 Å². The molecule has 0 saturated heterocycles. The van der Waals surface area contributed by atoms with Crippen molar-refractivity contribution in [1.29, 1.82) is 0 Å². The van der Waals surface area contributed by atoms with Crippen molar-refractivity contribution in [2.75, 3.05) is 10.7 Å².